The Kier molecular flexibility index (Phi) is 4.01. The van der Waals surface area contributed by atoms with E-state index in [1.807, 2.05) is 0 Å². The summed E-state index contributed by atoms with van der Waals surface area (Å²) in [5.74, 6) is 0.231. The Labute approximate surface area is 143 Å². The SMILES string of the molecule is O=c1c(Cc2ccc(F)cc2)c(C2CCCO2)oc2cc(O)ccc12. The molecule has 4 rings (SSSR count). The van der Waals surface area contributed by atoms with Crippen LogP contribution in [0.5, 0.6) is 5.75 Å². The van der Waals surface area contributed by atoms with Crippen molar-refractivity contribution in [3.05, 3.63) is 75.4 Å². The molecule has 128 valence electrons. The molecule has 2 aromatic carbocycles. The number of phenolic OH excluding ortho intramolecular Hbond substituents is 1. The highest BCUT2D eigenvalue weighted by atomic mass is 19.1. The zero-order valence-corrected chi connectivity index (χ0v) is 13.5. The predicted molar refractivity (Wildman–Crippen MR) is 91.3 cm³/mol. The minimum Gasteiger partial charge on any atom is -0.508 e. The summed E-state index contributed by atoms with van der Waals surface area (Å²) in [6.07, 6.45) is 1.76. The van der Waals surface area contributed by atoms with Crippen molar-refractivity contribution in [1.29, 1.82) is 0 Å². The minimum absolute atomic E-state index is 0.0419. The number of rotatable bonds is 3. The molecule has 1 fully saturated rings. The van der Waals surface area contributed by atoms with Crippen molar-refractivity contribution in [2.24, 2.45) is 0 Å². The average Bonchev–Trinajstić information content (AvgIpc) is 3.13. The second-order valence-corrected chi connectivity index (χ2v) is 6.26. The third-order valence-corrected chi connectivity index (χ3v) is 4.52. The van der Waals surface area contributed by atoms with Gasteiger partial charge in [-0.15, -0.1) is 0 Å². The van der Waals surface area contributed by atoms with Gasteiger partial charge in [0.15, 0.2) is 5.43 Å². The summed E-state index contributed by atoms with van der Waals surface area (Å²) in [5, 5.41) is 10.1. The number of benzene rings is 2. The molecular weight excluding hydrogens is 323 g/mol. The molecule has 1 N–H and O–H groups in total. The summed E-state index contributed by atoms with van der Waals surface area (Å²) in [6, 6.07) is 10.5. The summed E-state index contributed by atoms with van der Waals surface area (Å²) in [6.45, 7) is 0.627. The van der Waals surface area contributed by atoms with E-state index in [-0.39, 0.29) is 23.1 Å². The number of ether oxygens (including phenoxy) is 1. The quantitative estimate of drug-likeness (QED) is 0.780. The Bertz CT molecular complexity index is 969. The van der Waals surface area contributed by atoms with Crippen LogP contribution in [0.1, 0.15) is 35.8 Å². The Morgan fingerprint density at radius 3 is 2.68 bits per heavy atom. The van der Waals surface area contributed by atoms with Crippen LogP contribution in [0.15, 0.2) is 51.7 Å². The van der Waals surface area contributed by atoms with Gasteiger partial charge in [-0.3, -0.25) is 4.79 Å². The highest BCUT2D eigenvalue weighted by Gasteiger charge is 2.26. The fraction of sp³-hybridized carbons (Fsp3) is 0.250. The molecule has 3 aromatic rings. The van der Waals surface area contributed by atoms with Crippen LogP contribution < -0.4 is 5.43 Å². The predicted octanol–water partition coefficient (Wildman–Crippen LogP) is 4.08. The zero-order valence-electron chi connectivity index (χ0n) is 13.5. The maximum absolute atomic E-state index is 13.2. The van der Waals surface area contributed by atoms with Gasteiger partial charge in [0.2, 0.25) is 0 Å². The number of phenols is 1. The van der Waals surface area contributed by atoms with E-state index in [1.165, 1.54) is 24.3 Å². The van der Waals surface area contributed by atoms with Gasteiger partial charge in [0.05, 0.1) is 5.39 Å². The number of hydrogen-bond acceptors (Lipinski definition) is 4. The molecule has 1 atom stereocenters. The van der Waals surface area contributed by atoms with Gasteiger partial charge in [-0.1, -0.05) is 12.1 Å². The van der Waals surface area contributed by atoms with Crippen molar-refractivity contribution in [2.45, 2.75) is 25.4 Å². The Morgan fingerprint density at radius 1 is 1.16 bits per heavy atom. The van der Waals surface area contributed by atoms with Crippen molar-refractivity contribution in [3.63, 3.8) is 0 Å². The second kappa shape index (κ2) is 6.33. The Balaban J connectivity index is 1.88. The smallest absolute Gasteiger partial charge is 0.196 e. The van der Waals surface area contributed by atoms with Gasteiger partial charge in [-0.05, 0) is 42.7 Å². The number of halogens is 1. The van der Waals surface area contributed by atoms with E-state index in [0.29, 0.717) is 35.3 Å². The summed E-state index contributed by atoms with van der Waals surface area (Å²) in [5.41, 5.74) is 1.55. The third kappa shape index (κ3) is 3.03. The maximum atomic E-state index is 13.2. The lowest BCUT2D eigenvalue weighted by Gasteiger charge is -2.15. The Morgan fingerprint density at radius 2 is 1.96 bits per heavy atom. The van der Waals surface area contributed by atoms with Crippen molar-refractivity contribution in [3.8, 4) is 5.75 Å². The molecule has 2 heterocycles. The van der Waals surface area contributed by atoms with Crippen LogP contribution >= 0.6 is 0 Å². The van der Waals surface area contributed by atoms with E-state index in [1.54, 1.807) is 18.2 Å². The molecule has 25 heavy (non-hydrogen) atoms. The largest absolute Gasteiger partial charge is 0.508 e. The normalized spacial score (nSPS) is 17.2. The standard InChI is InChI=1S/C20H17FO4/c21-13-5-3-12(4-6-13)10-16-19(23)15-8-7-14(22)11-18(15)25-20(16)17-2-1-9-24-17/h3-8,11,17,22H,1-2,9-10H2. The molecule has 1 aromatic heterocycles. The minimum atomic E-state index is -0.316. The highest BCUT2D eigenvalue weighted by Crippen LogP contribution is 2.33. The van der Waals surface area contributed by atoms with E-state index >= 15 is 0 Å². The average molecular weight is 340 g/mol. The third-order valence-electron chi connectivity index (χ3n) is 4.52. The van der Waals surface area contributed by atoms with Crippen LogP contribution in [0.4, 0.5) is 4.39 Å². The number of fused-ring (bicyclic) bond motifs is 1. The van der Waals surface area contributed by atoms with Gasteiger partial charge in [0, 0.05) is 24.7 Å². The molecule has 0 aliphatic carbocycles. The fourth-order valence-corrected chi connectivity index (χ4v) is 3.26. The lowest BCUT2D eigenvalue weighted by atomic mass is 9.98. The molecule has 4 nitrogen and oxygen atoms in total. The highest BCUT2D eigenvalue weighted by molar-refractivity contribution is 5.79. The van der Waals surface area contributed by atoms with Crippen molar-refractivity contribution in [1.82, 2.24) is 0 Å². The summed E-state index contributed by atoms with van der Waals surface area (Å²) < 4.78 is 24.8. The van der Waals surface area contributed by atoms with Crippen LogP contribution in [0.25, 0.3) is 11.0 Å². The van der Waals surface area contributed by atoms with Crippen molar-refractivity contribution >= 4 is 11.0 Å². The summed E-state index contributed by atoms with van der Waals surface area (Å²) in [4.78, 5) is 13.0. The molecular formula is C20H17FO4. The van der Waals surface area contributed by atoms with Gasteiger partial charge >= 0.3 is 0 Å². The Hall–Kier alpha value is -2.66. The molecule has 1 aliphatic rings. The first-order valence-corrected chi connectivity index (χ1v) is 8.26. The molecule has 0 saturated carbocycles. The topological polar surface area (TPSA) is 59.7 Å². The monoisotopic (exact) mass is 340 g/mol. The number of aromatic hydroxyl groups is 1. The van der Waals surface area contributed by atoms with Gasteiger partial charge < -0.3 is 14.3 Å². The molecule has 1 aliphatic heterocycles. The molecule has 0 spiro atoms. The number of hydrogen-bond donors (Lipinski definition) is 1. The van der Waals surface area contributed by atoms with E-state index in [4.69, 9.17) is 9.15 Å². The maximum Gasteiger partial charge on any atom is 0.196 e. The van der Waals surface area contributed by atoms with Crippen LogP contribution in [0, 0.1) is 5.82 Å². The van der Waals surface area contributed by atoms with Crippen molar-refractivity contribution in [2.75, 3.05) is 6.61 Å². The first kappa shape index (κ1) is 15.8. The molecule has 0 radical (unpaired) electrons. The molecule has 1 saturated heterocycles. The fourth-order valence-electron chi connectivity index (χ4n) is 3.26. The summed E-state index contributed by atoms with van der Waals surface area (Å²) >= 11 is 0. The van der Waals surface area contributed by atoms with E-state index in [2.05, 4.69) is 0 Å². The molecule has 1 unspecified atom stereocenters. The van der Waals surface area contributed by atoms with Crippen LogP contribution in [-0.4, -0.2) is 11.7 Å². The second-order valence-electron chi connectivity index (χ2n) is 6.26. The zero-order chi connectivity index (χ0) is 17.4. The van der Waals surface area contributed by atoms with Gasteiger partial charge in [0.1, 0.15) is 29.0 Å². The van der Waals surface area contributed by atoms with E-state index in [0.717, 1.165) is 18.4 Å². The van der Waals surface area contributed by atoms with Crippen LogP contribution in [0.3, 0.4) is 0 Å². The lowest BCUT2D eigenvalue weighted by Crippen LogP contribution is -2.15. The van der Waals surface area contributed by atoms with Crippen molar-refractivity contribution < 1.29 is 18.7 Å². The first-order chi connectivity index (χ1) is 12.1. The van der Waals surface area contributed by atoms with E-state index in [9.17, 15) is 14.3 Å². The summed E-state index contributed by atoms with van der Waals surface area (Å²) in [7, 11) is 0. The van der Waals surface area contributed by atoms with Gasteiger partial charge in [-0.25, -0.2) is 4.39 Å². The molecule has 0 bridgehead atoms. The van der Waals surface area contributed by atoms with Crippen LogP contribution in [-0.2, 0) is 11.2 Å². The molecule has 0 amide bonds. The van der Waals surface area contributed by atoms with Gasteiger partial charge in [-0.2, -0.15) is 0 Å². The lowest BCUT2D eigenvalue weighted by molar-refractivity contribution is 0.0929. The van der Waals surface area contributed by atoms with Gasteiger partial charge in [0.25, 0.3) is 0 Å². The van der Waals surface area contributed by atoms with Crippen LogP contribution in [0.2, 0.25) is 0 Å². The first-order valence-electron chi connectivity index (χ1n) is 8.26. The molecule has 5 heteroatoms. The van der Waals surface area contributed by atoms with E-state index < -0.39 is 0 Å².